The number of halogens is 1. The predicted octanol–water partition coefficient (Wildman–Crippen LogP) is 2.10. The molecule has 9 nitrogen and oxygen atoms in total. The fourth-order valence-corrected chi connectivity index (χ4v) is 6.09. The summed E-state index contributed by atoms with van der Waals surface area (Å²) in [5.41, 5.74) is 0.474. The first-order chi connectivity index (χ1) is 15.1. The summed E-state index contributed by atoms with van der Waals surface area (Å²) in [6.45, 7) is 2.43. The number of carbonyl (C=O) groups is 3. The standard InChI is InChI=1S/C20H23FN2O7S2/c1-5-23(11-15(24)22-10-13-6-8-14(21)9-7-13)32(27,28)20-16(18(25)29-3)12(2)17(31-20)19(26)30-4/h6-9H,5,10-11H2,1-4H3,(H,22,24). The van der Waals surface area contributed by atoms with Gasteiger partial charge in [0.25, 0.3) is 10.0 Å². The lowest BCUT2D eigenvalue weighted by Gasteiger charge is -2.20. The lowest BCUT2D eigenvalue weighted by atomic mass is 10.2. The van der Waals surface area contributed by atoms with Gasteiger partial charge in [0.1, 0.15) is 10.7 Å². The first-order valence-corrected chi connectivity index (χ1v) is 11.6. The molecule has 1 aromatic carbocycles. The third kappa shape index (κ3) is 5.50. The van der Waals surface area contributed by atoms with Crippen molar-refractivity contribution in [3.63, 3.8) is 0 Å². The number of hydrogen-bond donors (Lipinski definition) is 1. The van der Waals surface area contributed by atoms with Gasteiger partial charge in [-0.25, -0.2) is 22.4 Å². The van der Waals surface area contributed by atoms with Gasteiger partial charge in [0.05, 0.1) is 26.3 Å². The molecular weight excluding hydrogens is 463 g/mol. The Morgan fingerprint density at radius 3 is 2.22 bits per heavy atom. The highest BCUT2D eigenvalue weighted by Gasteiger charge is 2.36. The van der Waals surface area contributed by atoms with Crippen molar-refractivity contribution in [1.82, 2.24) is 9.62 Å². The lowest BCUT2D eigenvalue weighted by Crippen LogP contribution is -2.40. The van der Waals surface area contributed by atoms with E-state index in [1.54, 1.807) is 0 Å². The first-order valence-electron chi connectivity index (χ1n) is 9.38. The summed E-state index contributed by atoms with van der Waals surface area (Å²) in [5.74, 6) is -2.73. The molecule has 0 unspecified atom stereocenters. The van der Waals surface area contributed by atoms with E-state index in [0.29, 0.717) is 16.9 Å². The normalized spacial score (nSPS) is 11.3. The van der Waals surface area contributed by atoms with Crippen LogP contribution in [0.25, 0.3) is 0 Å². The summed E-state index contributed by atoms with van der Waals surface area (Å²) in [7, 11) is -2.10. The van der Waals surface area contributed by atoms with Crippen molar-refractivity contribution < 1.29 is 36.7 Å². The Morgan fingerprint density at radius 2 is 1.69 bits per heavy atom. The number of nitrogens with one attached hydrogen (secondary N) is 1. The number of thiophene rings is 1. The Morgan fingerprint density at radius 1 is 1.09 bits per heavy atom. The number of likely N-dealkylation sites (N-methyl/N-ethyl adjacent to an activating group) is 1. The minimum absolute atomic E-state index is 0.0525. The fraction of sp³-hybridized carbons (Fsp3) is 0.350. The number of nitrogens with zero attached hydrogens (tertiary/aromatic N) is 1. The van der Waals surface area contributed by atoms with Crippen molar-refractivity contribution in [3.05, 3.63) is 51.7 Å². The molecule has 0 atom stereocenters. The SMILES string of the molecule is CCN(CC(=O)NCc1ccc(F)cc1)S(=O)(=O)c1sc(C(=O)OC)c(C)c1C(=O)OC. The van der Waals surface area contributed by atoms with Gasteiger partial charge in [0, 0.05) is 13.1 Å². The van der Waals surface area contributed by atoms with Crippen molar-refractivity contribution >= 4 is 39.2 Å². The van der Waals surface area contributed by atoms with E-state index in [-0.39, 0.29) is 29.1 Å². The van der Waals surface area contributed by atoms with E-state index in [0.717, 1.165) is 18.5 Å². The summed E-state index contributed by atoms with van der Waals surface area (Å²) in [6, 6.07) is 5.48. The summed E-state index contributed by atoms with van der Waals surface area (Å²) >= 11 is 0.580. The maximum atomic E-state index is 13.3. The molecule has 0 aliphatic rings. The third-order valence-electron chi connectivity index (χ3n) is 4.52. The average Bonchev–Trinajstić information content (AvgIpc) is 3.13. The molecule has 1 heterocycles. The van der Waals surface area contributed by atoms with Crippen LogP contribution < -0.4 is 5.32 Å². The molecule has 0 aliphatic heterocycles. The van der Waals surface area contributed by atoms with Crippen LogP contribution in [0.15, 0.2) is 28.5 Å². The summed E-state index contributed by atoms with van der Waals surface area (Å²) < 4.78 is 49.4. The average molecular weight is 487 g/mol. The van der Waals surface area contributed by atoms with Crippen molar-refractivity contribution in [2.45, 2.75) is 24.6 Å². The van der Waals surface area contributed by atoms with E-state index in [1.165, 1.54) is 38.1 Å². The van der Waals surface area contributed by atoms with Gasteiger partial charge in [-0.3, -0.25) is 4.79 Å². The van der Waals surface area contributed by atoms with Crippen LogP contribution >= 0.6 is 11.3 Å². The van der Waals surface area contributed by atoms with Gasteiger partial charge < -0.3 is 14.8 Å². The Hall–Kier alpha value is -2.83. The van der Waals surface area contributed by atoms with Gasteiger partial charge in [-0.1, -0.05) is 19.1 Å². The zero-order valence-electron chi connectivity index (χ0n) is 17.9. The van der Waals surface area contributed by atoms with Crippen LogP contribution in [-0.4, -0.2) is 57.9 Å². The van der Waals surface area contributed by atoms with Crippen molar-refractivity contribution in [2.24, 2.45) is 0 Å². The van der Waals surface area contributed by atoms with Crippen molar-refractivity contribution in [3.8, 4) is 0 Å². The Balaban J connectivity index is 2.31. The number of rotatable bonds is 9. The number of benzene rings is 1. The molecule has 174 valence electrons. The molecule has 0 radical (unpaired) electrons. The van der Waals surface area contributed by atoms with Gasteiger partial charge in [-0.15, -0.1) is 11.3 Å². The highest BCUT2D eigenvalue weighted by atomic mass is 32.2. The van der Waals surface area contributed by atoms with E-state index in [2.05, 4.69) is 10.1 Å². The molecule has 12 heteroatoms. The quantitative estimate of drug-likeness (QED) is 0.539. The van der Waals surface area contributed by atoms with Crippen LogP contribution in [0.4, 0.5) is 4.39 Å². The maximum Gasteiger partial charge on any atom is 0.348 e. The second-order valence-electron chi connectivity index (χ2n) is 6.54. The van der Waals surface area contributed by atoms with Crippen LogP contribution in [0.1, 0.15) is 38.1 Å². The molecule has 0 saturated carbocycles. The van der Waals surface area contributed by atoms with E-state index in [1.807, 2.05) is 0 Å². The minimum Gasteiger partial charge on any atom is -0.465 e. The molecule has 0 saturated heterocycles. The number of esters is 2. The van der Waals surface area contributed by atoms with Crippen molar-refractivity contribution in [2.75, 3.05) is 27.3 Å². The van der Waals surface area contributed by atoms with Crippen LogP contribution in [0, 0.1) is 12.7 Å². The van der Waals surface area contributed by atoms with Gasteiger partial charge in [-0.2, -0.15) is 4.31 Å². The summed E-state index contributed by atoms with van der Waals surface area (Å²) in [6.07, 6.45) is 0. The lowest BCUT2D eigenvalue weighted by molar-refractivity contribution is -0.121. The molecule has 0 bridgehead atoms. The topological polar surface area (TPSA) is 119 Å². The summed E-state index contributed by atoms with van der Waals surface area (Å²) in [4.78, 5) is 36.6. The molecule has 1 N–H and O–H groups in total. The van der Waals surface area contributed by atoms with Crippen LogP contribution in [0.5, 0.6) is 0 Å². The summed E-state index contributed by atoms with van der Waals surface area (Å²) in [5, 5.41) is 2.57. The zero-order valence-corrected chi connectivity index (χ0v) is 19.6. The minimum atomic E-state index is -4.33. The third-order valence-corrected chi connectivity index (χ3v) is 8.21. The highest BCUT2D eigenvalue weighted by molar-refractivity contribution is 7.91. The second kappa shape index (κ2) is 10.7. The van der Waals surface area contributed by atoms with Gasteiger partial charge in [-0.05, 0) is 30.2 Å². The monoisotopic (exact) mass is 486 g/mol. The molecular formula is C20H23FN2O7S2. The Bertz CT molecular complexity index is 1110. The smallest absolute Gasteiger partial charge is 0.348 e. The largest absolute Gasteiger partial charge is 0.465 e. The number of carbonyl (C=O) groups excluding carboxylic acids is 3. The van der Waals surface area contributed by atoms with Crippen LogP contribution in [-0.2, 0) is 30.8 Å². The van der Waals surface area contributed by atoms with E-state index < -0.39 is 44.4 Å². The predicted molar refractivity (Wildman–Crippen MR) is 114 cm³/mol. The van der Waals surface area contributed by atoms with Gasteiger partial charge >= 0.3 is 11.9 Å². The van der Waals surface area contributed by atoms with E-state index in [9.17, 15) is 27.2 Å². The number of hydrogen-bond acceptors (Lipinski definition) is 8. The number of amides is 1. The Kier molecular flexibility index (Phi) is 8.47. The number of sulfonamides is 1. The molecule has 32 heavy (non-hydrogen) atoms. The highest BCUT2D eigenvalue weighted by Crippen LogP contribution is 2.35. The second-order valence-corrected chi connectivity index (χ2v) is 9.69. The molecule has 0 aliphatic carbocycles. The molecule has 1 amide bonds. The molecule has 2 rings (SSSR count). The van der Waals surface area contributed by atoms with E-state index >= 15 is 0 Å². The van der Waals surface area contributed by atoms with Gasteiger partial charge in [0.15, 0.2) is 4.21 Å². The molecule has 0 spiro atoms. The van der Waals surface area contributed by atoms with E-state index in [4.69, 9.17) is 4.74 Å². The fourth-order valence-electron chi connectivity index (χ4n) is 2.80. The molecule has 2 aromatic rings. The maximum absolute atomic E-state index is 13.3. The molecule has 1 aromatic heterocycles. The first kappa shape index (κ1) is 25.4. The zero-order chi connectivity index (χ0) is 24.1. The van der Waals surface area contributed by atoms with Crippen LogP contribution in [0.3, 0.4) is 0 Å². The Labute approximate surface area is 189 Å². The van der Waals surface area contributed by atoms with Crippen LogP contribution in [0.2, 0.25) is 0 Å². The number of ether oxygens (including phenoxy) is 2. The van der Waals surface area contributed by atoms with Crippen molar-refractivity contribution in [1.29, 1.82) is 0 Å². The number of methoxy groups -OCH3 is 2. The van der Waals surface area contributed by atoms with Gasteiger partial charge in [0.2, 0.25) is 5.91 Å². The molecule has 0 fully saturated rings.